The van der Waals surface area contributed by atoms with Crippen molar-refractivity contribution in [2.75, 3.05) is 13.1 Å². The molecular formula is C19H24N6O2S. The Bertz CT molecular complexity index is 1040. The smallest absolute Gasteiger partial charge is 0.339 e. The lowest BCUT2D eigenvalue weighted by molar-refractivity contribution is 0.0688. The van der Waals surface area contributed by atoms with Gasteiger partial charge in [0.05, 0.1) is 11.3 Å². The second-order valence-electron chi connectivity index (χ2n) is 7.34. The minimum atomic E-state index is -0.201. The Balaban J connectivity index is 1.43. The van der Waals surface area contributed by atoms with Crippen molar-refractivity contribution in [1.82, 2.24) is 29.4 Å². The molecule has 1 N–H and O–H groups in total. The van der Waals surface area contributed by atoms with Crippen LogP contribution in [0, 0.1) is 19.8 Å². The number of thiophene rings is 1. The first-order valence-corrected chi connectivity index (χ1v) is 10.3. The van der Waals surface area contributed by atoms with E-state index in [-0.39, 0.29) is 11.6 Å². The highest BCUT2D eigenvalue weighted by molar-refractivity contribution is 7.12. The number of aromatic nitrogens is 5. The topological polar surface area (TPSA) is 88.8 Å². The average Bonchev–Trinajstić information content (AvgIpc) is 3.37. The van der Waals surface area contributed by atoms with Gasteiger partial charge in [-0.1, -0.05) is 0 Å². The molecule has 0 atom stereocenters. The van der Waals surface area contributed by atoms with Crippen molar-refractivity contribution >= 4 is 17.2 Å². The van der Waals surface area contributed by atoms with E-state index >= 15 is 0 Å². The first kappa shape index (κ1) is 18.7. The van der Waals surface area contributed by atoms with Crippen LogP contribution in [0.15, 0.2) is 22.3 Å². The van der Waals surface area contributed by atoms with Gasteiger partial charge < -0.3 is 4.90 Å². The van der Waals surface area contributed by atoms with Crippen LogP contribution >= 0.6 is 11.3 Å². The van der Waals surface area contributed by atoms with E-state index in [1.165, 1.54) is 11.3 Å². The molecule has 1 fully saturated rings. The third-order valence-corrected chi connectivity index (χ3v) is 6.42. The molecule has 148 valence electrons. The summed E-state index contributed by atoms with van der Waals surface area (Å²) >= 11 is 1.52. The van der Waals surface area contributed by atoms with E-state index in [4.69, 9.17) is 0 Å². The Morgan fingerprint density at radius 3 is 2.68 bits per heavy atom. The number of nitrogens with zero attached hydrogens (tertiary/aromatic N) is 5. The van der Waals surface area contributed by atoms with Crippen molar-refractivity contribution in [3.63, 3.8) is 0 Å². The van der Waals surface area contributed by atoms with Gasteiger partial charge in [0.25, 0.3) is 5.91 Å². The molecule has 1 saturated heterocycles. The lowest BCUT2D eigenvalue weighted by Crippen LogP contribution is -2.39. The van der Waals surface area contributed by atoms with Gasteiger partial charge >= 0.3 is 5.69 Å². The van der Waals surface area contributed by atoms with Crippen LogP contribution in [0.4, 0.5) is 0 Å². The molecular weight excluding hydrogens is 376 g/mol. The molecule has 0 aliphatic carbocycles. The number of aryl methyl sites for hydroxylation is 2. The molecule has 3 aromatic rings. The minimum absolute atomic E-state index is 0.0665. The average molecular weight is 401 g/mol. The summed E-state index contributed by atoms with van der Waals surface area (Å²) in [6.07, 6.45) is 2.52. The lowest BCUT2D eigenvalue weighted by Gasteiger charge is -2.32. The highest BCUT2D eigenvalue weighted by Gasteiger charge is 2.28. The Morgan fingerprint density at radius 2 is 2.07 bits per heavy atom. The zero-order chi connectivity index (χ0) is 19.8. The fourth-order valence-corrected chi connectivity index (χ4v) is 4.68. The van der Waals surface area contributed by atoms with Gasteiger partial charge in [0.2, 0.25) is 0 Å². The number of hydrogen-bond acceptors (Lipinski definition) is 5. The predicted octanol–water partition coefficient (Wildman–Crippen LogP) is 2.07. The van der Waals surface area contributed by atoms with Crippen LogP contribution in [0.5, 0.6) is 0 Å². The fraction of sp³-hybridized carbons (Fsp3) is 0.474. The van der Waals surface area contributed by atoms with E-state index in [1.807, 2.05) is 43.3 Å². The second-order valence-corrected chi connectivity index (χ2v) is 8.27. The number of aromatic amines is 1. The van der Waals surface area contributed by atoms with E-state index in [2.05, 4.69) is 15.3 Å². The Labute approximate surface area is 166 Å². The largest absolute Gasteiger partial charge is 0.348 e. The summed E-state index contributed by atoms with van der Waals surface area (Å²) < 4.78 is 3.42. The number of hydrogen-bond donors (Lipinski definition) is 1. The van der Waals surface area contributed by atoms with Crippen molar-refractivity contribution in [2.45, 2.75) is 33.1 Å². The van der Waals surface area contributed by atoms with E-state index in [1.54, 1.807) is 9.25 Å². The van der Waals surface area contributed by atoms with Crippen molar-refractivity contribution in [3.8, 4) is 5.00 Å². The molecule has 1 aliphatic rings. The van der Waals surface area contributed by atoms with Crippen LogP contribution in [-0.4, -0.2) is 48.4 Å². The third-order valence-electron chi connectivity index (χ3n) is 5.56. The predicted molar refractivity (Wildman–Crippen MR) is 107 cm³/mol. The Hall–Kier alpha value is -2.68. The van der Waals surface area contributed by atoms with E-state index < -0.39 is 0 Å². The van der Waals surface area contributed by atoms with Gasteiger partial charge in [-0.05, 0) is 50.1 Å². The van der Waals surface area contributed by atoms with Gasteiger partial charge in [-0.15, -0.1) is 11.3 Å². The molecule has 1 aliphatic heterocycles. The molecule has 8 nitrogen and oxygen atoms in total. The summed E-state index contributed by atoms with van der Waals surface area (Å²) in [6.45, 7) is 5.24. The Kier molecular flexibility index (Phi) is 4.92. The third kappa shape index (κ3) is 3.30. The molecule has 0 bridgehead atoms. The highest BCUT2D eigenvalue weighted by Crippen LogP contribution is 2.25. The second kappa shape index (κ2) is 7.38. The van der Waals surface area contributed by atoms with Crippen molar-refractivity contribution in [1.29, 1.82) is 0 Å². The first-order chi connectivity index (χ1) is 13.5. The van der Waals surface area contributed by atoms with Crippen LogP contribution in [0.1, 0.15) is 40.4 Å². The van der Waals surface area contributed by atoms with Gasteiger partial charge in [-0.3, -0.25) is 9.48 Å². The number of nitrogens with one attached hydrogen (secondary N) is 1. The van der Waals surface area contributed by atoms with Gasteiger partial charge in [0.1, 0.15) is 10.8 Å². The summed E-state index contributed by atoms with van der Waals surface area (Å²) in [6, 6.07) is 3.85. The van der Waals surface area contributed by atoms with Crippen LogP contribution in [0.2, 0.25) is 0 Å². The lowest BCUT2D eigenvalue weighted by atomic mass is 9.92. The Morgan fingerprint density at radius 1 is 1.32 bits per heavy atom. The molecule has 0 aromatic carbocycles. The number of rotatable bonds is 4. The van der Waals surface area contributed by atoms with Gasteiger partial charge in [-0.2, -0.15) is 10.2 Å². The number of carbonyl (C=O) groups excluding carboxylic acids is 1. The van der Waals surface area contributed by atoms with Gasteiger partial charge in [0, 0.05) is 32.3 Å². The zero-order valence-corrected chi connectivity index (χ0v) is 17.1. The molecule has 0 radical (unpaired) electrons. The minimum Gasteiger partial charge on any atom is -0.339 e. The molecule has 1 amide bonds. The summed E-state index contributed by atoms with van der Waals surface area (Å²) in [4.78, 5) is 27.0. The van der Waals surface area contributed by atoms with Crippen LogP contribution in [0.25, 0.3) is 5.00 Å². The summed E-state index contributed by atoms with van der Waals surface area (Å²) in [5.41, 5.74) is 2.21. The first-order valence-electron chi connectivity index (χ1n) is 9.45. The molecule has 4 heterocycles. The molecule has 0 unspecified atom stereocenters. The quantitative estimate of drug-likeness (QED) is 0.726. The number of likely N-dealkylation sites (tertiary alicyclic amines) is 1. The van der Waals surface area contributed by atoms with Crippen LogP contribution < -0.4 is 5.69 Å². The maximum Gasteiger partial charge on any atom is 0.348 e. The summed E-state index contributed by atoms with van der Waals surface area (Å²) in [5.74, 6) is 1.22. The molecule has 0 saturated carbocycles. The van der Waals surface area contributed by atoms with Gasteiger partial charge in [-0.25, -0.2) is 14.5 Å². The van der Waals surface area contributed by atoms with E-state index in [0.717, 1.165) is 47.0 Å². The zero-order valence-electron chi connectivity index (χ0n) is 16.3. The molecule has 28 heavy (non-hydrogen) atoms. The number of H-pyrrole nitrogens is 1. The maximum atomic E-state index is 12.9. The number of amides is 1. The van der Waals surface area contributed by atoms with Crippen molar-refractivity contribution < 1.29 is 4.79 Å². The van der Waals surface area contributed by atoms with Crippen molar-refractivity contribution in [2.24, 2.45) is 13.0 Å². The number of piperidine rings is 1. The fourth-order valence-electron chi connectivity index (χ4n) is 3.93. The molecule has 0 spiro atoms. The highest BCUT2D eigenvalue weighted by atomic mass is 32.1. The standard InChI is InChI=1S/C19H24N6O2S/c1-12-17(13(2)23(3)22-12)18(26)24-8-6-14(7-9-24)11-15-20-21-19(27)25(15)16-5-4-10-28-16/h4-5,10,14H,6-9,11H2,1-3H3,(H,21,27). The monoisotopic (exact) mass is 400 g/mol. The summed E-state index contributed by atoms with van der Waals surface area (Å²) in [7, 11) is 1.86. The van der Waals surface area contributed by atoms with Crippen molar-refractivity contribution in [3.05, 3.63) is 50.8 Å². The molecule has 4 rings (SSSR count). The summed E-state index contributed by atoms with van der Waals surface area (Å²) in [5, 5.41) is 14.0. The normalized spacial score (nSPS) is 15.3. The van der Waals surface area contributed by atoms with E-state index in [0.29, 0.717) is 19.0 Å². The molecule has 3 aromatic heterocycles. The SMILES string of the molecule is Cc1nn(C)c(C)c1C(=O)N1CCC(Cc2n[nH]c(=O)n2-c2cccs2)CC1. The van der Waals surface area contributed by atoms with E-state index in [9.17, 15) is 9.59 Å². The maximum absolute atomic E-state index is 12.9. The number of carbonyl (C=O) groups is 1. The van der Waals surface area contributed by atoms with Crippen LogP contribution in [0.3, 0.4) is 0 Å². The van der Waals surface area contributed by atoms with Crippen LogP contribution in [-0.2, 0) is 13.5 Å². The van der Waals surface area contributed by atoms with Gasteiger partial charge in [0.15, 0.2) is 0 Å². The molecule has 9 heteroatoms.